The van der Waals surface area contributed by atoms with Gasteiger partial charge in [-0.25, -0.2) is 0 Å². The molecule has 0 radical (unpaired) electrons. The summed E-state index contributed by atoms with van der Waals surface area (Å²) in [6, 6.07) is 7.63. The summed E-state index contributed by atoms with van der Waals surface area (Å²) < 4.78 is 5.52. The van der Waals surface area contributed by atoms with E-state index in [4.69, 9.17) is 10.5 Å². The third kappa shape index (κ3) is 6.82. The van der Waals surface area contributed by atoms with Crippen LogP contribution in [0.1, 0.15) is 39.5 Å². The maximum Gasteiger partial charge on any atom is 0.224 e. The van der Waals surface area contributed by atoms with E-state index < -0.39 is 0 Å². The fraction of sp³-hybridized carbons (Fsp3) is 0.533. The van der Waals surface area contributed by atoms with Crippen LogP contribution in [0, 0.1) is 0 Å². The van der Waals surface area contributed by atoms with Crippen molar-refractivity contribution in [2.45, 2.75) is 45.6 Å². The molecule has 1 rings (SSSR count). The SMILES string of the molecule is CCCOc1cccc(NC(=O)CCCC(C)N)c1. The molecule has 0 aliphatic rings. The largest absolute Gasteiger partial charge is 0.494 e. The Morgan fingerprint density at radius 2 is 2.26 bits per heavy atom. The number of hydrogen-bond acceptors (Lipinski definition) is 3. The number of hydrogen-bond donors (Lipinski definition) is 2. The molecular weight excluding hydrogens is 240 g/mol. The molecule has 3 N–H and O–H groups in total. The highest BCUT2D eigenvalue weighted by Gasteiger charge is 2.04. The van der Waals surface area contributed by atoms with Crippen molar-refractivity contribution < 1.29 is 9.53 Å². The van der Waals surface area contributed by atoms with Crippen LogP contribution in [0.2, 0.25) is 0 Å². The maximum absolute atomic E-state index is 11.7. The van der Waals surface area contributed by atoms with E-state index in [2.05, 4.69) is 12.2 Å². The molecular formula is C15H24N2O2. The quantitative estimate of drug-likeness (QED) is 0.758. The van der Waals surface area contributed by atoms with Gasteiger partial charge in [-0.05, 0) is 38.3 Å². The minimum atomic E-state index is 0.0216. The average Bonchev–Trinajstić information content (AvgIpc) is 2.36. The molecule has 1 aromatic rings. The monoisotopic (exact) mass is 264 g/mol. The second-order valence-electron chi connectivity index (χ2n) is 4.79. The van der Waals surface area contributed by atoms with E-state index in [0.29, 0.717) is 13.0 Å². The van der Waals surface area contributed by atoms with Crippen molar-refractivity contribution in [3.8, 4) is 5.75 Å². The van der Waals surface area contributed by atoms with Gasteiger partial charge < -0.3 is 15.8 Å². The molecule has 0 saturated heterocycles. The first-order valence-corrected chi connectivity index (χ1v) is 6.90. The number of rotatable bonds is 8. The highest BCUT2D eigenvalue weighted by molar-refractivity contribution is 5.90. The fourth-order valence-electron chi connectivity index (χ4n) is 1.69. The summed E-state index contributed by atoms with van der Waals surface area (Å²) >= 11 is 0. The van der Waals surface area contributed by atoms with Gasteiger partial charge in [-0.3, -0.25) is 4.79 Å². The first-order valence-electron chi connectivity index (χ1n) is 6.90. The van der Waals surface area contributed by atoms with E-state index in [0.717, 1.165) is 30.7 Å². The zero-order valence-corrected chi connectivity index (χ0v) is 11.8. The van der Waals surface area contributed by atoms with Gasteiger partial charge in [-0.15, -0.1) is 0 Å². The molecule has 1 aromatic carbocycles. The van der Waals surface area contributed by atoms with Gasteiger partial charge in [-0.2, -0.15) is 0 Å². The molecule has 4 heteroatoms. The van der Waals surface area contributed by atoms with E-state index in [1.807, 2.05) is 31.2 Å². The zero-order valence-electron chi connectivity index (χ0n) is 11.8. The lowest BCUT2D eigenvalue weighted by atomic mass is 10.1. The van der Waals surface area contributed by atoms with Crippen molar-refractivity contribution in [1.29, 1.82) is 0 Å². The van der Waals surface area contributed by atoms with Crippen LogP contribution in [0.15, 0.2) is 24.3 Å². The van der Waals surface area contributed by atoms with Crippen molar-refractivity contribution >= 4 is 11.6 Å². The molecule has 0 aromatic heterocycles. The molecule has 1 unspecified atom stereocenters. The number of nitrogens with one attached hydrogen (secondary N) is 1. The van der Waals surface area contributed by atoms with Crippen molar-refractivity contribution in [2.24, 2.45) is 5.73 Å². The van der Waals surface area contributed by atoms with Crippen LogP contribution in [0.3, 0.4) is 0 Å². The smallest absolute Gasteiger partial charge is 0.224 e. The Hall–Kier alpha value is -1.55. The second-order valence-corrected chi connectivity index (χ2v) is 4.79. The summed E-state index contributed by atoms with van der Waals surface area (Å²) in [7, 11) is 0. The molecule has 0 heterocycles. The Bertz CT molecular complexity index is 391. The van der Waals surface area contributed by atoms with E-state index in [9.17, 15) is 4.79 Å². The second kappa shape index (κ2) is 8.53. The molecule has 106 valence electrons. The number of anilines is 1. The lowest BCUT2D eigenvalue weighted by Crippen LogP contribution is -2.16. The summed E-state index contributed by atoms with van der Waals surface area (Å²) in [5.74, 6) is 0.809. The van der Waals surface area contributed by atoms with Gasteiger partial charge in [0.15, 0.2) is 0 Å². The van der Waals surface area contributed by atoms with Crippen molar-refractivity contribution in [1.82, 2.24) is 0 Å². The summed E-state index contributed by atoms with van der Waals surface area (Å²) in [5, 5.41) is 2.87. The summed E-state index contributed by atoms with van der Waals surface area (Å²) in [6.45, 7) is 4.70. The maximum atomic E-state index is 11.7. The number of carbonyl (C=O) groups excluding carboxylic acids is 1. The molecule has 4 nitrogen and oxygen atoms in total. The van der Waals surface area contributed by atoms with Crippen LogP contribution in [-0.2, 0) is 4.79 Å². The van der Waals surface area contributed by atoms with Crippen LogP contribution in [0.25, 0.3) is 0 Å². The lowest BCUT2D eigenvalue weighted by Gasteiger charge is -2.09. The van der Waals surface area contributed by atoms with Crippen LogP contribution in [-0.4, -0.2) is 18.6 Å². The highest BCUT2D eigenvalue weighted by Crippen LogP contribution is 2.18. The Morgan fingerprint density at radius 1 is 1.47 bits per heavy atom. The van der Waals surface area contributed by atoms with E-state index >= 15 is 0 Å². The number of amides is 1. The Labute approximate surface area is 115 Å². The van der Waals surface area contributed by atoms with Crippen molar-refractivity contribution in [3.63, 3.8) is 0 Å². The Balaban J connectivity index is 2.40. The molecule has 0 fully saturated rings. The van der Waals surface area contributed by atoms with Gasteiger partial charge in [-0.1, -0.05) is 13.0 Å². The van der Waals surface area contributed by atoms with Crippen LogP contribution >= 0.6 is 0 Å². The molecule has 1 amide bonds. The van der Waals surface area contributed by atoms with Crippen LogP contribution < -0.4 is 15.8 Å². The predicted molar refractivity (Wildman–Crippen MR) is 78.4 cm³/mol. The predicted octanol–water partition coefficient (Wildman–Crippen LogP) is 2.93. The highest BCUT2D eigenvalue weighted by atomic mass is 16.5. The molecule has 19 heavy (non-hydrogen) atoms. The normalized spacial score (nSPS) is 11.9. The molecule has 1 atom stereocenters. The molecule has 0 aliphatic carbocycles. The van der Waals surface area contributed by atoms with Gasteiger partial charge in [0.2, 0.25) is 5.91 Å². The molecule has 0 saturated carbocycles. The standard InChI is InChI=1S/C15H24N2O2/c1-3-10-19-14-8-5-7-13(11-14)17-15(18)9-4-6-12(2)16/h5,7-8,11-12H,3-4,6,9-10,16H2,1-2H3,(H,17,18). The van der Waals surface area contributed by atoms with E-state index in [1.54, 1.807) is 0 Å². The van der Waals surface area contributed by atoms with Gasteiger partial charge >= 0.3 is 0 Å². The summed E-state index contributed by atoms with van der Waals surface area (Å²) in [5.41, 5.74) is 6.43. The van der Waals surface area contributed by atoms with Crippen LogP contribution in [0.5, 0.6) is 5.75 Å². The summed E-state index contributed by atoms with van der Waals surface area (Å²) in [4.78, 5) is 11.7. The summed E-state index contributed by atoms with van der Waals surface area (Å²) in [6.07, 6.45) is 3.15. The number of carbonyl (C=O) groups is 1. The molecule has 0 bridgehead atoms. The van der Waals surface area contributed by atoms with Gasteiger partial charge in [0.1, 0.15) is 5.75 Å². The van der Waals surface area contributed by atoms with E-state index in [1.165, 1.54) is 0 Å². The minimum Gasteiger partial charge on any atom is -0.494 e. The topological polar surface area (TPSA) is 64.3 Å². The third-order valence-corrected chi connectivity index (χ3v) is 2.65. The minimum absolute atomic E-state index is 0.0216. The molecule has 0 aliphatic heterocycles. The zero-order chi connectivity index (χ0) is 14.1. The Kier molecular flexibility index (Phi) is 6.97. The van der Waals surface area contributed by atoms with Crippen LogP contribution in [0.4, 0.5) is 5.69 Å². The van der Waals surface area contributed by atoms with Gasteiger partial charge in [0, 0.05) is 24.2 Å². The third-order valence-electron chi connectivity index (χ3n) is 2.65. The van der Waals surface area contributed by atoms with E-state index in [-0.39, 0.29) is 11.9 Å². The number of ether oxygens (including phenoxy) is 1. The van der Waals surface area contributed by atoms with Gasteiger partial charge in [0.05, 0.1) is 6.61 Å². The van der Waals surface area contributed by atoms with Crippen molar-refractivity contribution in [3.05, 3.63) is 24.3 Å². The molecule has 0 spiro atoms. The first-order chi connectivity index (χ1) is 9.11. The number of nitrogens with two attached hydrogens (primary N) is 1. The average molecular weight is 264 g/mol. The van der Waals surface area contributed by atoms with Crippen molar-refractivity contribution in [2.75, 3.05) is 11.9 Å². The number of benzene rings is 1. The lowest BCUT2D eigenvalue weighted by molar-refractivity contribution is -0.116. The Morgan fingerprint density at radius 3 is 2.95 bits per heavy atom. The van der Waals surface area contributed by atoms with Gasteiger partial charge in [0.25, 0.3) is 0 Å². The fourth-order valence-corrected chi connectivity index (χ4v) is 1.69. The first kappa shape index (κ1) is 15.5.